The molecule has 144 valence electrons. The number of urea groups is 1. The molecule has 3 rings (SSSR count). The third-order valence-electron chi connectivity index (χ3n) is 4.87. The first kappa shape index (κ1) is 19.5. The number of hydrogen-bond acceptors (Lipinski definition) is 3. The molecular formula is C21H26ClN3O2. The first-order chi connectivity index (χ1) is 13.2. The molecule has 0 aliphatic carbocycles. The molecule has 1 heterocycles. The van der Waals surface area contributed by atoms with E-state index in [1.54, 1.807) is 7.11 Å². The minimum absolute atomic E-state index is 0.00212. The van der Waals surface area contributed by atoms with Crippen LogP contribution in [0.25, 0.3) is 0 Å². The van der Waals surface area contributed by atoms with E-state index >= 15 is 0 Å². The normalized spacial score (nSPS) is 14.8. The lowest BCUT2D eigenvalue weighted by Gasteiger charge is -2.34. The number of amides is 2. The molecule has 0 aromatic heterocycles. The summed E-state index contributed by atoms with van der Waals surface area (Å²) in [6.07, 6.45) is 0.752. The van der Waals surface area contributed by atoms with Gasteiger partial charge in [0.15, 0.2) is 0 Å². The first-order valence-electron chi connectivity index (χ1n) is 9.28. The predicted octanol–water partition coefficient (Wildman–Crippen LogP) is 3.42. The predicted molar refractivity (Wildman–Crippen MR) is 108 cm³/mol. The zero-order chi connectivity index (χ0) is 19.1. The van der Waals surface area contributed by atoms with Crippen LogP contribution in [-0.2, 0) is 13.0 Å². The number of benzene rings is 2. The number of halogens is 1. The monoisotopic (exact) mass is 387 g/mol. The Labute approximate surface area is 165 Å². The number of para-hydroxylation sites is 1. The van der Waals surface area contributed by atoms with Crippen LogP contribution in [0, 0.1) is 0 Å². The number of hydrogen-bond donors (Lipinski definition) is 1. The SMILES string of the molecule is COc1ccccc1CCNC(=O)N1CCN(Cc2ccccc2Cl)CC1. The molecule has 0 unspecified atom stereocenters. The van der Waals surface area contributed by atoms with E-state index in [0.717, 1.165) is 61.0 Å². The maximum atomic E-state index is 12.4. The summed E-state index contributed by atoms with van der Waals surface area (Å²) in [5.41, 5.74) is 2.23. The van der Waals surface area contributed by atoms with E-state index in [2.05, 4.69) is 16.3 Å². The fourth-order valence-corrected chi connectivity index (χ4v) is 3.50. The molecule has 1 fully saturated rings. The summed E-state index contributed by atoms with van der Waals surface area (Å²) in [6, 6.07) is 15.8. The highest BCUT2D eigenvalue weighted by molar-refractivity contribution is 6.31. The summed E-state index contributed by atoms with van der Waals surface area (Å²) in [4.78, 5) is 16.6. The molecular weight excluding hydrogens is 362 g/mol. The maximum absolute atomic E-state index is 12.4. The van der Waals surface area contributed by atoms with Crippen molar-refractivity contribution < 1.29 is 9.53 Å². The van der Waals surface area contributed by atoms with E-state index < -0.39 is 0 Å². The van der Waals surface area contributed by atoms with Crippen molar-refractivity contribution in [3.05, 3.63) is 64.7 Å². The molecule has 0 saturated carbocycles. The average molecular weight is 388 g/mol. The number of carbonyl (C=O) groups excluding carboxylic acids is 1. The van der Waals surface area contributed by atoms with E-state index in [1.165, 1.54) is 0 Å². The fraction of sp³-hybridized carbons (Fsp3) is 0.381. The van der Waals surface area contributed by atoms with Gasteiger partial charge in [0.05, 0.1) is 7.11 Å². The smallest absolute Gasteiger partial charge is 0.317 e. The lowest BCUT2D eigenvalue weighted by atomic mass is 10.1. The number of nitrogens with one attached hydrogen (secondary N) is 1. The van der Waals surface area contributed by atoms with Crippen LogP contribution in [0.15, 0.2) is 48.5 Å². The Morgan fingerprint density at radius 3 is 2.41 bits per heavy atom. The number of carbonyl (C=O) groups is 1. The molecule has 1 aliphatic heterocycles. The third-order valence-corrected chi connectivity index (χ3v) is 5.24. The third kappa shape index (κ3) is 5.37. The first-order valence-corrected chi connectivity index (χ1v) is 9.65. The van der Waals surface area contributed by atoms with Crippen LogP contribution in [0.4, 0.5) is 4.79 Å². The number of piperazine rings is 1. The minimum atomic E-state index is 0.00212. The molecule has 5 nitrogen and oxygen atoms in total. The Bertz CT molecular complexity index is 761. The van der Waals surface area contributed by atoms with Crippen molar-refractivity contribution >= 4 is 17.6 Å². The highest BCUT2D eigenvalue weighted by Crippen LogP contribution is 2.18. The van der Waals surface area contributed by atoms with Gasteiger partial charge in [0.2, 0.25) is 0 Å². The van der Waals surface area contributed by atoms with Crippen molar-refractivity contribution in [3.8, 4) is 5.75 Å². The molecule has 2 amide bonds. The van der Waals surface area contributed by atoms with Gasteiger partial charge in [-0.1, -0.05) is 48.0 Å². The topological polar surface area (TPSA) is 44.8 Å². The summed E-state index contributed by atoms with van der Waals surface area (Å²) in [6.45, 7) is 4.58. The van der Waals surface area contributed by atoms with Gasteiger partial charge in [-0.15, -0.1) is 0 Å². The number of nitrogens with zero attached hydrogens (tertiary/aromatic N) is 2. The van der Waals surface area contributed by atoms with Gasteiger partial charge in [0.1, 0.15) is 5.75 Å². The largest absolute Gasteiger partial charge is 0.496 e. The second kappa shape index (κ2) is 9.62. The minimum Gasteiger partial charge on any atom is -0.496 e. The van der Waals surface area contributed by atoms with Crippen molar-refractivity contribution in [3.63, 3.8) is 0 Å². The van der Waals surface area contributed by atoms with Gasteiger partial charge < -0.3 is 15.0 Å². The Balaban J connectivity index is 1.41. The van der Waals surface area contributed by atoms with E-state index in [9.17, 15) is 4.79 Å². The van der Waals surface area contributed by atoms with Crippen LogP contribution in [0.2, 0.25) is 5.02 Å². The summed E-state index contributed by atoms with van der Waals surface area (Å²) in [5.74, 6) is 0.861. The van der Waals surface area contributed by atoms with Crippen LogP contribution in [0.1, 0.15) is 11.1 Å². The van der Waals surface area contributed by atoms with Crippen molar-refractivity contribution in [1.82, 2.24) is 15.1 Å². The Kier molecular flexibility index (Phi) is 6.96. The molecule has 0 spiro atoms. The molecule has 1 N–H and O–H groups in total. The van der Waals surface area contributed by atoms with Gasteiger partial charge >= 0.3 is 6.03 Å². The van der Waals surface area contributed by atoms with E-state index in [0.29, 0.717) is 6.54 Å². The standard InChI is InChI=1S/C21H26ClN3O2/c1-27-20-9-5-3-6-17(20)10-11-23-21(26)25-14-12-24(13-15-25)16-18-7-2-4-8-19(18)22/h2-9H,10-16H2,1H3,(H,23,26). The summed E-state index contributed by atoms with van der Waals surface area (Å²) < 4.78 is 5.35. The van der Waals surface area contributed by atoms with Crippen LogP contribution < -0.4 is 10.1 Å². The molecule has 27 heavy (non-hydrogen) atoms. The molecule has 6 heteroatoms. The highest BCUT2D eigenvalue weighted by Gasteiger charge is 2.21. The maximum Gasteiger partial charge on any atom is 0.317 e. The highest BCUT2D eigenvalue weighted by atomic mass is 35.5. The Morgan fingerprint density at radius 2 is 1.70 bits per heavy atom. The molecule has 1 saturated heterocycles. The van der Waals surface area contributed by atoms with Crippen LogP contribution in [-0.4, -0.2) is 55.7 Å². The quantitative estimate of drug-likeness (QED) is 0.826. The van der Waals surface area contributed by atoms with E-state index in [1.807, 2.05) is 47.4 Å². The lowest BCUT2D eigenvalue weighted by molar-refractivity contribution is 0.135. The van der Waals surface area contributed by atoms with Gasteiger partial charge in [-0.25, -0.2) is 4.79 Å². The Morgan fingerprint density at radius 1 is 1.04 bits per heavy atom. The second-order valence-corrected chi connectivity index (χ2v) is 7.06. The lowest BCUT2D eigenvalue weighted by Crippen LogP contribution is -2.51. The second-order valence-electron chi connectivity index (χ2n) is 6.65. The summed E-state index contributed by atoms with van der Waals surface area (Å²) >= 11 is 6.24. The zero-order valence-electron chi connectivity index (χ0n) is 15.7. The zero-order valence-corrected chi connectivity index (χ0v) is 16.4. The molecule has 0 atom stereocenters. The van der Waals surface area contributed by atoms with Crippen molar-refractivity contribution in [1.29, 1.82) is 0 Å². The van der Waals surface area contributed by atoms with Gasteiger partial charge in [-0.3, -0.25) is 4.90 Å². The molecule has 0 bridgehead atoms. The average Bonchev–Trinajstić information content (AvgIpc) is 2.70. The molecule has 0 radical (unpaired) electrons. The van der Waals surface area contributed by atoms with Gasteiger partial charge in [-0.05, 0) is 29.7 Å². The molecule has 1 aliphatic rings. The van der Waals surface area contributed by atoms with Crippen molar-refractivity contribution in [2.75, 3.05) is 39.8 Å². The fourth-order valence-electron chi connectivity index (χ4n) is 3.30. The van der Waals surface area contributed by atoms with Crippen LogP contribution in [0.3, 0.4) is 0 Å². The van der Waals surface area contributed by atoms with Gasteiger partial charge in [0, 0.05) is 44.3 Å². The molecule has 2 aromatic carbocycles. The van der Waals surface area contributed by atoms with E-state index in [4.69, 9.17) is 16.3 Å². The van der Waals surface area contributed by atoms with Crippen LogP contribution in [0.5, 0.6) is 5.75 Å². The van der Waals surface area contributed by atoms with Crippen molar-refractivity contribution in [2.45, 2.75) is 13.0 Å². The Hall–Kier alpha value is -2.24. The summed E-state index contributed by atoms with van der Waals surface area (Å²) in [5, 5.41) is 3.82. The van der Waals surface area contributed by atoms with Crippen LogP contribution >= 0.6 is 11.6 Å². The van der Waals surface area contributed by atoms with E-state index in [-0.39, 0.29) is 6.03 Å². The number of rotatable bonds is 6. The molecule has 2 aromatic rings. The number of ether oxygens (including phenoxy) is 1. The van der Waals surface area contributed by atoms with Gasteiger partial charge in [0.25, 0.3) is 0 Å². The van der Waals surface area contributed by atoms with Gasteiger partial charge in [-0.2, -0.15) is 0 Å². The summed E-state index contributed by atoms with van der Waals surface area (Å²) in [7, 11) is 1.67. The number of methoxy groups -OCH3 is 1. The van der Waals surface area contributed by atoms with Crippen molar-refractivity contribution in [2.24, 2.45) is 0 Å².